The third-order valence-corrected chi connectivity index (χ3v) is 3.91. The maximum Gasteiger partial charge on any atom is 0.127 e. The van der Waals surface area contributed by atoms with E-state index in [0.29, 0.717) is 6.54 Å². The maximum absolute atomic E-state index is 5.80. The van der Waals surface area contributed by atoms with Gasteiger partial charge in [0.1, 0.15) is 11.5 Å². The third-order valence-electron chi connectivity index (χ3n) is 2.95. The van der Waals surface area contributed by atoms with E-state index in [4.69, 9.17) is 15.2 Å². The van der Waals surface area contributed by atoms with Crippen LogP contribution < -0.4 is 15.2 Å². The zero-order chi connectivity index (χ0) is 13.1. The minimum Gasteiger partial charge on any atom is -0.497 e. The first-order valence-electron chi connectivity index (χ1n) is 5.70. The summed E-state index contributed by atoms with van der Waals surface area (Å²) >= 11 is 1.71. The molecule has 1 aromatic carbocycles. The number of thiophene rings is 1. The van der Waals surface area contributed by atoms with Crippen molar-refractivity contribution in [3.05, 3.63) is 34.0 Å². The van der Waals surface area contributed by atoms with Gasteiger partial charge in [0, 0.05) is 22.5 Å². The summed E-state index contributed by atoms with van der Waals surface area (Å²) in [6.07, 6.45) is 0. The van der Waals surface area contributed by atoms with Crippen LogP contribution in [0.3, 0.4) is 0 Å². The molecule has 0 bridgehead atoms. The van der Waals surface area contributed by atoms with E-state index in [-0.39, 0.29) is 0 Å². The molecule has 0 spiro atoms. The van der Waals surface area contributed by atoms with E-state index in [9.17, 15) is 0 Å². The summed E-state index contributed by atoms with van der Waals surface area (Å²) in [5.41, 5.74) is 9.14. The standard InChI is InChI=1S/C14H17NO2S/c1-9-14(10(7-15)8-18-9)12-6-11(16-2)4-5-13(12)17-3/h4-6,8H,7,15H2,1-3H3. The second-order valence-electron chi connectivity index (χ2n) is 3.96. The summed E-state index contributed by atoms with van der Waals surface area (Å²) in [4.78, 5) is 1.24. The molecule has 96 valence electrons. The molecule has 0 fully saturated rings. The Morgan fingerprint density at radius 3 is 2.61 bits per heavy atom. The number of aryl methyl sites for hydroxylation is 1. The Morgan fingerprint density at radius 2 is 2.00 bits per heavy atom. The average Bonchev–Trinajstić information content (AvgIpc) is 2.78. The predicted octanol–water partition coefficient (Wildman–Crippen LogP) is 3.20. The van der Waals surface area contributed by atoms with Crippen LogP contribution in [0.15, 0.2) is 23.6 Å². The maximum atomic E-state index is 5.80. The molecule has 2 rings (SSSR count). The van der Waals surface area contributed by atoms with Crippen LogP contribution in [-0.2, 0) is 6.54 Å². The van der Waals surface area contributed by atoms with E-state index in [1.807, 2.05) is 18.2 Å². The van der Waals surface area contributed by atoms with Gasteiger partial charge in [0.2, 0.25) is 0 Å². The van der Waals surface area contributed by atoms with Crippen LogP contribution in [0.1, 0.15) is 10.4 Å². The molecule has 2 N–H and O–H groups in total. The molecule has 0 aliphatic rings. The number of ether oxygens (including phenoxy) is 2. The summed E-state index contributed by atoms with van der Waals surface area (Å²) in [5.74, 6) is 1.66. The first-order chi connectivity index (χ1) is 8.71. The summed E-state index contributed by atoms with van der Waals surface area (Å²) in [6, 6.07) is 5.81. The average molecular weight is 263 g/mol. The number of rotatable bonds is 4. The van der Waals surface area contributed by atoms with Crippen LogP contribution in [-0.4, -0.2) is 14.2 Å². The van der Waals surface area contributed by atoms with Gasteiger partial charge < -0.3 is 15.2 Å². The lowest BCUT2D eigenvalue weighted by atomic mass is 10.0. The Labute approximate surface area is 111 Å². The molecular formula is C14H17NO2S. The van der Waals surface area contributed by atoms with E-state index in [2.05, 4.69) is 12.3 Å². The molecule has 1 heterocycles. The monoisotopic (exact) mass is 263 g/mol. The molecule has 0 amide bonds. The third kappa shape index (κ3) is 2.21. The molecule has 0 saturated carbocycles. The topological polar surface area (TPSA) is 44.5 Å². The van der Waals surface area contributed by atoms with Crippen molar-refractivity contribution in [2.45, 2.75) is 13.5 Å². The summed E-state index contributed by atoms with van der Waals surface area (Å²) in [6.45, 7) is 2.62. The van der Waals surface area contributed by atoms with Gasteiger partial charge in [-0.15, -0.1) is 11.3 Å². The molecule has 0 aliphatic heterocycles. The lowest BCUT2D eigenvalue weighted by Crippen LogP contribution is -1.98. The van der Waals surface area contributed by atoms with Crippen molar-refractivity contribution in [3.63, 3.8) is 0 Å². The van der Waals surface area contributed by atoms with Crippen LogP contribution in [0.5, 0.6) is 11.5 Å². The van der Waals surface area contributed by atoms with Crippen molar-refractivity contribution in [1.29, 1.82) is 0 Å². The zero-order valence-electron chi connectivity index (χ0n) is 10.8. The van der Waals surface area contributed by atoms with Crippen LogP contribution in [0, 0.1) is 6.92 Å². The summed E-state index contributed by atoms with van der Waals surface area (Å²) < 4.78 is 10.7. The number of benzene rings is 1. The lowest BCUT2D eigenvalue weighted by Gasteiger charge is -2.12. The second kappa shape index (κ2) is 5.42. The molecule has 2 aromatic rings. The van der Waals surface area contributed by atoms with Gasteiger partial charge in [0.15, 0.2) is 0 Å². The molecule has 3 nitrogen and oxygen atoms in total. The van der Waals surface area contributed by atoms with E-state index in [0.717, 1.165) is 22.6 Å². The van der Waals surface area contributed by atoms with Gasteiger partial charge >= 0.3 is 0 Å². The highest BCUT2D eigenvalue weighted by Crippen LogP contribution is 2.39. The zero-order valence-corrected chi connectivity index (χ0v) is 11.6. The SMILES string of the molecule is COc1ccc(OC)c(-c2c(CN)csc2C)c1. The van der Waals surface area contributed by atoms with E-state index in [1.165, 1.54) is 10.4 Å². The van der Waals surface area contributed by atoms with Crippen molar-refractivity contribution in [2.24, 2.45) is 5.73 Å². The highest BCUT2D eigenvalue weighted by molar-refractivity contribution is 7.10. The summed E-state index contributed by atoms with van der Waals surface area (Å²) in [7, 11) is 3.34. The molecule has 0 atom stereocenters. The number of hydrogen-bond donors (Lipinski definition) is 1. The van der Waals surface area contributed by atoms with E-state index < -0.39 is 0 Å². The normalized spacial score (nSPS) is 10.4. The van der Waals surface area contributed by atoms with Gasteiger partial charge in [-0.05, 0) is 36.1 Å². The van der Waals surface area contributed by atoms with Crippen molar-refractivity contribution in [3.8, 4) is 22.6 Å². The predicted molar refractivity (Wildman–Crippen MR) is 75.5 cm³/mol. The van der Waals surface area contributed by atoms with Crippen LogP contribution in [0.25, 0.3) is 11.1 Å². The molecule has 0 saturated heterocycles. The fraction of sp³-hybridized carbons (Fsp3) is 0.286. The van der Waals surface area contributed by atoms with Gasteiger partial charge in [-0.2, -0.15) is 0 Å². The quantitative estimate of drug-likeness (QED) is 0.921. The second-order valence-corrected chi connectivity index (χ2v) is 5.05. The van der Waals surface area contributed by atoms with Crippen molar-refractivity contribution < 1.29 is 9.47 Å². The molecule has 0 unspecified atom stereocenters. The lowest BCUT2D eigenvalue weighted by molar-refractivity contribution is 0.404. The minimum absolute atomic E-state index is 0.528. The largest absolute Gasteiger partial charge is 0.497 e. The van der Waals surface area contributed by atoms with Gasteiger partial charge in [-0.3, -0.25) is 0 Å². The molecule has 0 aliphatic carbocycles. The van der Waals surface area contributed by atoms with Gasteiger partial charge in [0.05, 0.1) is 14.2 Å². The number of nitrogens with two attached hydrogens (primary N) is 1. The molecule has 0 radical (unpaired) electrons. The Morgan fingerprint density at radius 1 is 1.22 bits per heavy atom. The highest BCUT2D eigenvalue weighted by atomic mass is 32.1. The van der Waals surface area contributed by atoms with Crippen molar-refractivity contribution >= 4 is 11.3 Å². The van der Waals surface area contributed by atoms with Crippen LogP contribution >= 0.6 is 11.3 Å². The van der Waals surface area contributed by atoms with Crippen molar-refractivity contribution in [1.82, 2.24) is 0 Å². The Balaban J connectivity index is 2.64. The fourth-order valence-corrected chi connectivity index (χ4v) is 2.92. The fourth-order valence-electron chi connectivity index (χ4n) is 2.03. The minimum atomic E-state index is 0.528. The Bertz CT molecular complexity index is 549. The molecular weight excluding hydrogens is 246 g/mol. The van der Waals surface area contributed by atoms with E-state index >= 15 is 0 Å². The Hall–Kier alpha value is -1.52. The number of hydrogen-bond acceptors (Lipinski definition) is 4. The molecule has 1 aromatic heterocycles. The van der Waals surface area contributed by atoms with Gasteiger partial charge in [-0.1, -0.05) is 0 Å². The van der Waals surface area contributed by atoms with E-state index in [1.54, 1.807) is 25.6 Å². The Kier molecular flexibility index (Phi) is 3.89. The molecule has 18 heavy (non-hydrogen) atoms. The van der Waals surface area contributed by atoms with Crippen LogP contribution in [0.2, 0.25) is 0 Å². The first-order valence-corrected chi connectivity index (χ1v) is 6.58. The first kappa shape index (κ1) is 12.9. The van der Waals surface area contributed by atoms with Gasteiger partial charge in [-0.25, -0.2) is 0 Å². The highest BCUT2D eigenvalue weighted by Gasteiger charge is 2.15. The van der Waals surface area contributed by atoms with Gasteiger partial charge in [0.25, 0.3) is 0 Å². The smallest absolute Gasteiger partial charge is 0.127 e. The summed E-state index contributed by atoms with van der Waals surface area (Å²) in [5, 5.41) is 2.10. The number of methoxy groups -OCH3 is 2. The molecule has 4 heteroatoms. The van der Waals surface area contributed by atoms with Crippen molar-refractivity contribution in [2.75, 3.05) is 14.2 Å². The van der Waals surface area contributed by atoms with Crippen LogP contribution in [0.4, 0.5) is 0 Å².